The van der Waals surface area contributed by atoms with Gasteiger partial charge < -0.3 is 18.8 Å². The molecule has 1 aliphatic rings. The number of aryl methyl sites for hydroxylation is 2. The Bertz CT molecular complexity index is 1140. The number of aliphatic hydroxyl groups is 1. The van der Waals surface area contributed by atoms with E-state index in [4.69, 9.17) is 13.7 Å². The molecule has 0 bridgehead atoms. The number of furan rings is 1. The van der Waals surface area contributed by atoms with Crippen molar-refractivity contribution in [1.29, 1.82) is 0 Å². The molecule has 1 N–H and O–H groups in total. The average Bonchev–Trinajstić information content (AvgIpc) is 3.41. The van der Waals surface area contributed by atoms with Crippen LogP contribution in [0.4, 0.5) is 5.82 Å². The Hall–Kier alpha value is -3.81. The maximum atomic E-state index is 13.2. The van der Waals surface area contributed by atoms with E-state index in [0.717, 1.165) is 0 Å². The molecule has 8 nitrogen and oxygen atoms in total. The van der Waals surface area contributed by atoms with Gasteiger partial charge >= 0.3 is 0 Å². The van der Waals surface area contributed by atoms with Crippen molar-refractivity contribution >= 4 is 17.5 Å². The van der Waals surface area contributed by atoms with E-state index in [2.05, 4.69) is 5.16 Å². The van der Waals surface area contributed by atoms with Gasteiger partial charge in [0.2, 0.25) is 5.78 Å². The quantitative estimate of drug-likeness (QED) is 0.613. The van der Waals surface area contributed by atoms with E-state index in [1.807, 2.05) is 6.92 Å². The summed E-state index contributed by atoms with van der Waals surface area (Å²) in [5, 5.41) is 14.6. The monoisotopic (exact) mass is 408 g/mol. The van der Waals surface area contributed by atoms with Gasteiger partial charge in [-0.3, -0.25) is 14.5 Å². The zero-order valence-corrected chi connectivity index (χ0v) is 16.7. The number of aromatic nitrogens is 1. The Morgan fingerprint density at radius 3 is 2.47 bits per heavy atom. The molecule has 1 aliphatic heterocycles. The number of ketones is 1. The standard InChI is InChI=1S/C22H20N2O6/c1-4-28-15-8-6-14(7-9-15)19-18(20(25)16-10-5-12(2)29-16)21(26)22(27)24(19)17-11-13(3)30-23-17/h5-11,19,26H,4H2,1-3H3/t19-/m1/s1. The van der Waals surface area contributed by atoms with Gasteiger partial charge in [-0.05, 0) is 50.6 Å². The fraction of sp³-hybridized carbons (Fsp3) is 0.227. The molecular formula is C22H20N2O6. The number of ether oxygens (including phenoxy) is 1. The molecule has 0 unspecified atom stereocenters. The summed E-state index contributed by atoms with van der Waals surface area (Å²) < 4.78 is 16.0. The number of carbonyl (C=O) groups excluding carboxylic acids is 2. The van der Waals surface area contributed by atoms with Crippen LogP contribution in [0.3, 0.4) is 0 Å². The highest BCUT2D eigenvalue weighted by atomic mass is 16.5. The number of amides is 1. The molecule has 0 fully saturated rings. The Balaban J connectivity index is 1.83. The van der Waals surface area contributed by atoms with Gasteiger partial charge in [-0.2, -0.15) is 0 Å². The van der Waals surface area contributed by atoms with Gasteiger partial charge in [0.25, 0.3) is 5.91 Å². The van der Waals surface area contributed by atoms with Crippen molar-refractivity contribution in [1.82, 2.24) is 5.16 Å². The number of anilines is 1. The SMILES string of the molecule is CCOc1ccc([C@@H]2C(C(=O)c3ccc(C)o3)=C(O)C(=O)N2c2cc(C)on2)cc1. The normalized spacial score (nSPS) is 16.4. The number of aliphatic hydroxyl groups excluding tert-OH is 1. The fourth-order valence-electron chi connectivity index (χ4n) is 3.46. The average molecular weight is 408 g/mol. The van der Waals surface area contributed by atoms with Gasteiger partial charge in [0.05, 0.1) is 18.2 Å². The van der Waals surface area contributed by atoms with E-state index in [0.29, 0.717) is 29.4 Å². The Kier molecular flexibility index (Phi) is 4.91. The summed E-state index contributed by atoms with van der Waals surface area (Å²) >= 11 is 0. The van der Waals surface area contributed by atoms with Crippen LogP contribution in [-0.4, -0.2) is 28.6 Å². The minimum absolute atomic E-state index is 0.0379. The molecule has 0 aliphatic carbocycles. The topological polar surface area (TPSA) is 106 Å². The second-order valence-corrected chi connectivity index (χ2v) is 6.88. The summed E-state index contributed by atoms with van der Waals surface area (Å²) in [5.41, 5.74) is 0.516. The van der Waals surface area contributed by atoms with Crippen LogP contribution in [0.2, 0.25) is 0 Å². The zero-order valence-electron chi connectivity index (χ0n) is 16.7. The number of carbonyl (C=O) groups is 2. The minimum Gasteiger partial charge on any atom is -0.503 e. The highest BCUT2D eigenvalue weighted by molar-refractivity contribution is 6.19. The van der Waals surface area contributed by atoms with Gasteiger partial charge in [0.1, 0.15) is 17.3 Å². The first-order valence-corrected chi connectivity index (χ1v) is 9.44. The second-order valence-electron chi connectivity index (χ2n) is 6.88. The summed E-state index contributed by atoms with van der Waals surface area (Å²) in [6.07, 6.45) is 0. The van der Waals surface area contributed by atoms with Crippen LogP contribution in [0.5, 0.6) is 5.75 Å². The molecule has 0 radical (unpaired) electrons. The highest BCUT2D eigenvalue weighted by Crippen LogP contribution is 2.42. The Labute approximate surface area is 172 Å². The summed E-state index contributed by atoms with van der Waals surface area (Å²) in [5.74, 6) is -0.0408. The third-order valence-electron chi connectivity index (χ3n) is 4.79. The lowest BCUT2D eigenvalue weighted by molar-refractivity contribution is -0.117. The number of rotatable bonds is 6. The first-order valence-electron chi connectivity index (χ1n) is 9.44. The molecule has 1 aromatic carbocycles. The van der Waals surface area contributed by atoms with Crippen LogP contribution in [0.25, 0.3) is 0 Å². The zero-order chi connectivity index (χ0) is 21.4. The lowest BCUT2D eigenvalue weighted by Gasteiger charge is -2.24. The van der Waals surface area contributed by atoms with Crippen molar-refractivity contribution in [2.75, 3.05) is 11.5 Å². The van der Waals surface area contributed by atoms with Crippen molar-refractivity contribution in [3.8, 4) is 5.75 Å². The van der Waals surface area contributed by atoms with Crippen LogP contribution in [0, 0.1) is 13.8 Å². The van der Waals surface area contributed by atoms with Gasteiger partial charge in [-0.15, -0.1) is 0 Å². The van der Waals surface area contributed by atoms with Crippen molar-refractivity contribution in [3.05, 3.63) is 76.6 Å². The molecule has 0 saturated heterocycles. The highest BCUT2D eigenvalue weighted by Gasteiger charge is 2.46. The lowest BCUT2D eigenvalue weighted by atomic mass is 9.95. The molecule has 0 saturated carbocycles. The van der Waals surface area contributed by atoms with Crippen LogP contribution in [0.15, 0.2) is 62.7 Å². The van der Waals surface area contributed by atoms with Gasteiger partial charge in [-0.1, -0.05) is 17.3 Å². The smallest absolute Gasteiger partial charge is 0.295 e. The first-order chi connectivity index (χ1) is 14.4. The maximum Gasteiger partial charge on any atom is 0.295 e. The number of nitrogens with zero attached hydrogens (tertiary/aromatic N) is 2. The number of benzene rings is 1. The molecule has 1 amide bonds. The largest absolute Gasteiger partial charge is 0.503 e. The predicted octanol–water partition coefficient (Wildman–Crippen LogP) is 4.07. The second kappa shape index (κ2) is 7.55. The molecule has 0 spiro atoms. The molecule has 4 rings (SSSR count). The molecule has 154 valence electrons. The molecule has 1 atom stereocenters. The molecule has 3 heterocycles. The molecule has 30 heavy (non-hydrogen) atoms. The first kappa shape index (κ1) is 19.5. The third-order valence-corrected chi connectivity index (χ3v) is 4.79. The van der Waals surface area contributed by atoms with Crippen molar-refractivity contribution in [2.45, 2.75) is 26.8 Å². The van der Waals surface area contributed by atoms with Crippen LogP contribution in [-0.2, 0) is 4.79 Å². The summed E-state index contributed by atoms with van der Waals surface area (Å²) in [4.78, 5) is 27.4. The summed E-state index contributed by atoms with van der Waals surface area (Å²) in [6.45, 7) is 5.78. The summed E-state index contributed by atoms with van der Waals surface area (Å²) in [6, 6.07) is 10.8. The lowest BCUT2D eigenvalue weighted by Crippen LogP contribution is -2.31. The number of hydrogen-bond acceptors (Lipinski definition) is 7. The fourth-order valence-corrected chi connectivity index (χ4v) is 3.46. The predicted molar refractivity (Wildman–Crippen MR) is 107 cm³/mol. The van der Waals surface area contributed by atoms with E-state index in [-0.39, 0.29) is 17.2 Å². The van der Waals surface area contributed by atoms with Gasteiger partial charge in [-0.25, -0.2) is 0 Å². The van der Waals surface area contributed by atoms with Gasteiger partial charge in [0, 0.05) is 6.07 Å². The Morgan fingerprint density at radius 1 is 1.17 bits per heavy atom. The Morgan fingerprint density at radius 2 is 1.90 bits per heavy atom. The van der Waals surface area contributed by atoms with E-state index in [9.17, 15) is 14.7 Å². The van der Waals surface area contributed by atoms with E-state index < -0.39 is 23.5 Å². The van der Waals surface area contributed by atoms with Crippen molar-refractivity contribution in [3.63, 3.8) is 0 Å². The molecular weight excluding hydrogens is 388 g/mol. The number of hydrogen-bond donors (Lipinski definition) is 1. The van der Waals surface area contributed by atoms with Crippen LogP contribution in [0.1, 0.15) is 40.6 Å². The van der Waals surface area contributed by atoms with E-state index >= 15 is 0 Å². The van der Waals surface area contributed by atoms with E-state index in [1.165, 1.54) is 11.0 Å². The maximum absolute atomic E-state index is 13.2. The third kappa shape index (κ3) is 3.26. The minimum atomic E-state index is -0.907. The summed E-state index contributed by atoms with van der Waals surface area (Å²) in [7, 11) is 0. The van der Waals surface area contributed by atoms with Crippen LogP contribution >= 0.6 is 0 Å². The molecule has 8 heteroatoms. The molecule has 3 aromatic rings. The van der Waals surface area contributed by atoms with E-state index in [1.54, 1.807) is 50.2 Å². The number of Topliss-reactive ketones (excluding diaryl/α,β-unsaturated/α-hetero) is 1. The van der Waals surface area contributed by atoms with Crippen LogP contribution < -0.4 is 9.64 Å². The van der Waals surface area contributed by atoms with Crippen molar-refractivity contribution < 1.29 is 28.4 Å². The van der Waals surface area contributed by atoms with Crippen molar-refractivity contribution in [2.24, 2.45) is 0 Å². The van der Waals surface area contributed by atoms with Gasteiger partial charge in [0.15, 0.2) is 17.3 Å². The molecule has 2 aromatic heterocycles.